The number of benzene rings is 2. The Morgan fingerprint density at radius 2 is 1.65 bits per heavy atom. The summed E-state index contributed by atoms with van der Waals surface area (Å²) in [6.07, 6.45) is 4.59. The summed E-state index contributed by atoms with van der Waals surface area (Å²) in [5.74, 6) is 0.459. The van der Waals surface area contributed by atoms with Gasteiger partial charge in [0.25, 0.3) is 0 Å². The van der Waals surface area contributed by atoms with Gasteiger partial charge in [-0.25, -0.2) is 0 Å². The van der Waals surface area contributed by atoms with E-state index in [4.69, 9.17) is 0 Å². The SMILES string of the molecule is OC(c1cccc2ccccc12)C1CCCC1. The maximum Gasteiger partial charge on any atom is 0.0824 e. The molecule has 2 aromatic rings. The van der Waals surface area contributed by atoms with Crippen LogP contribution in [0.4, 0.5) is 0 Å². The summed E-state index contributed by atoms with van der Waals surface area (Å²) < 4.78 is 0. The molecule has 1 N–H and O–H groups in total. The van der Waals surface area contributed by atoms with Crippen LogP contribution in [0, 0.1) is 5.92 Å². The van der Waals surface area contributed by atoms with Gasteiger partial charge in [0.15, 0.2) is 0 Å². The minimum absolute atomic E-state index is 0.288. The van der Waals surface area contributed by atoms with E-state index in [2.05, 4.69) is 30.3 Å². The molecule has 0 saturated heterocycles. The van der Waals surface area contributed by atoms with Crippen molar-refractivity contribution < 1.29 is 5.11 Å². The standard InChI is InChI=1S/C16H18O/c17-16(13-7-1-2-8-13)15-11-5-9-12-6-3-4-10-14(12)15/h3-6,9-11,13,16-17H,1-2,7-8H2. The molecular weight excluding hydrogens is 208 g/mol. The van der Waals surface area contributed by atoms with Crippen LogP contribution in [0.25, 0.3) is 10.8 Å². The van der Waals surface area contributed by atoms with Crippen molar-refractivity contribution in [2.45, 2.75) is 31.8 Å². The summed E-state index contributed by atoms with van der Waals surface area (Å²) in [6.45, 7) is 0. The fourth-order valence-electron chi connectivity index (χ4n) is 3.04. The van der Waals surface area contributed by atoms with Crippen molar-refractivity contribution in [3.8, 4) is 0 Å². The van der Waals surface area contributed by atoms with E-state index in [1.165, 1.54) is 36.5 Å². The molecule has 1 aliphatic carbocycles. The average molecular weight is 226 g/mol. The van der Waals surface area contributed by atoms with Gasteiger partial charge in [-0.3, -0.25) is 0 Å². The first-order valence-electron chi connectivity index (χ1n) is 6.52. The van der Waals surface area contributed by atoms with Gasteiger partial charge in [0.05, 0.1) is 6.10 Å². The average Bonchev–Trinajstić information content (AvgIpc) is 2.91. The molecule has 1 fully saturated rings. The maximum absolute atomic E-state index is 10.5. The molecule has 1 saturated carbocycles. The molecule has 0 aromatic heterocycles. The van der Waals surface area contributed by atoms with Crippen LogP contribution >= 0.6 is 0 Å². The molecule has 1 nitrogen and oxygen atoms in total. The van der Waals surface area contributed by atoms with Crippen LogP contribution in [0.1, 0.15) is 37.4 Å². The summed E-state index contributed by atoms with van der Waals surface area (Å²) in [4.78, 5) is 0. The summed E-state index contributed by atoms with van der Waals surface area (Å²) in [5, 5.41) is 12.9. The molecule has 1 aliphatic rings. The van der Waals surface area contributed by atoms with Crippen molar-refractivity contribution in [1.29, 1.82) is 0 Å². The molecule has 0 amide bonds. The van der Waals surface area contributed by atoms with Crippen molar-refractivity contribution in [2.75, 3.05) is 0 Å². The molecular formula is C16H18O. The second-order valence-corrected chi connectivity index (χ2v) is 5.06. The minimum atomic E-state index is -0.288. The molecule has 0 bridgehead atoms. The molecule has 0 aliphatic heterocycles. The number of aliphatic hydroxyl groups is 1. The zero-order valence-corrected chi connectivity index (χ0v) is 9.97. The van der Waals surface area contributed by atoms with Crippen molar-refractivity contribution >= 4 is 10.8 Å². The molecule has 0 spiro atoms. The maximum atomic E-state index is 10.5. The van der Waals surface area contributed by atoms with Crippen LogP contribution in [0.15, 0.2) is 42.5 Å². The van der Waals surface area contributed by atoms with Gasteiger partial charge >= 0.3 is 0 Å². The van der Waals surface area contributed by atoms with Crippen LogP contribution in [0.5, 0.6) is 0 Å². The van der Waals surface area contributed by atoms with Crippen LogP contribution in [0.2, 0.25) is 0 Å². The van der Waals surface area contributed by atoms with E-state index >= 15 is 0 Å². The third kappa shape index (κ3) is 1.96. The zero-order valence-electron chi connectivity index (χ0n) is 9.97. The summed E-state index contributed by atoms with van der Waals surface area (Å²) in [5.41, 5.74) is 1.11. The second kappa shape index (κ2) is 4.50. The van der Waals surface area contributed by atoms with E-state index in [0.717, 1.165) is 5.56 Å². The number of hydrogen-bond donors (Lipinski definition) is 1. The van der Waals surface area contributed by atoms with Crippen LogP contribution in [-0.2, 0) is 0 Å². The topological polar surface area (TPSA) is 20.2 Å². The smallest absolute Gasteiger partial charge is 0.0824 e. The molecule has 1 unspecified atom stereocenters. The first-order valence-corrected chi connectivity index (χ1v) is 6.52. The summed E-state index contributed by atoms with van der Waals surface area (Å²) in [6, 6.07) is 14.6. The highest BCUT2D eigenvalue weighted by atomic mass is 16.3. The summed E-state index contributed by atoms with van der Waals surface area (Å²) >= 11 is 0. The Morgan fingerprint density at radius 1 is 0.941 bits per heavy atom. The van der Waals surface area contributed by atoms with Gasteiger partial charge in [0.2, 0.25) is 0 Å². The Hall–Kier alpha value is -1.34. The van der Waals surface area contributed by atoms with Gasteiger partial charge in [-0.2, -0.15) is 0 Å². The van der Waals surface area contributed by atoms with E-state index in [-0.39, 0.29) is 6.10 Å². The fourth-order valence-corrected chi connectivity index (χ4v) is 3.04. The normalized spacial score (nSPS) is 18.6. The highest BCUT2D eigenvalue weighted by molar-refractivity contribution is 5.85. The zero-order chi connectivity index (χ0) is 11.7. The molecule has 0 heterocycles. The van der Waals surface area contributed by atoms with Crippen molar-refractivity contribution in [3.05, 3.63) is 48.0 Å². The van der Waals surface area contributed by atoms with Crippen molar-refractivity contribution in [3.63, 3.8) is 0 Å². The Morgan fingerprint density at radius 3 is 2.47 bits per heavy atom. The number of aliphatic hydroxyl groups excluding tert-OH is 1. The van der Waals surface area contributed by atoms with Crippen molar-refractivity contribution in [2.24, 2.45) is 5.92 Å². The van der Waals surface area contributed by atoms with Crippen LogP contribution < -0.4 is 0 Å². The molecule has 1 heteroatoms. The van der Waals surface area contributed by atoms with E-state index in [1.807, 2.05) is 12.1 Å². The minimum Gasteiger partial charge on any atom is -0.388 e. The number of hydrogen-bond acceptors (Lipinski definition) is 1. The third-order valence-corrected chi connectivity index (χ3v) is 3.99. The van der Waals surface area contributed by atoms with Crippen molar-refractivity contribution in [1.82, 2.24) is 0 Å². The number of fused-ring (bicyclic) bond motifs is 1. The van der Waals surface area contributed by atoms with Gasteiger partial charge < -0.3 is 5.11 Å². The monoisotopic (exact) mass is 226 g/mol. The third-order valence-electron chi connectivity index (χ3n) is 3.99. The van der Waals surface area contributed by atoms with Gasteiger partial charge in [-0.1, -0.05) is 55.3 Å². The van der Waals surface area contributed by atoms with E-state index in [1.54, 1.807) is 0 Å². The van der Waals surface area contributed by atoms with E-state index < -0.39 is 0 Å². The highest BCUT2D eigenvalue weighted by Crippen LogP contribution is 2.37. The largest absolute Gasteiger partial charge is 0.388 e. The quantitative estimate of drug-likeness (QED) is 0.818. The Bertz CT molecular complexity index is 506. The van der Waals surface area contributed by atoms with Gasteiger partial charge in [0, 0.05) is 0 Å². The van der Waals surface area contributed by atoms with E-state index in [0.29, 0.717) is 5.92 Å². The lowest BCUT2D eigenvalue weighted by atomic mass is 9.91. The first-order chi connectivity index (χ1) is 8.36. The Balaban J connectivity index is 2.04. The van der Waals surface area contributed by atoms with Gasteiger partial charge in [-0.15, -0.1) is 0 Å². The molecule has 88 valence electrons. The lowest BCUT2D eigenvalue weighted by Gasteiger charge is -2.19. The predicted molar refractivity (Wildman–Crippen MR) is 70.9 cm³/mol. The fraction of sp³-hybridized carbons (Fsp3) is 0.375. The van der Waals surface area contributed by atoms with E-state index in [9.17, 15) is 5.11 Å². The molecule has 2 aromatic carbocycles. The molecule has 0 radical (unpaired) electrons. The molecule has 1 atom stereocenters. The molecule has 3 rings (SSSR count). The van der Waals surface area contributed by atoms with Gasteiger partial charge in [-0.05, 0) is 35.1 Å². The second-order valence-electron chi connectivity index (χ2n) is 5.06. The highest BCUT2D eigenvalue weighted by Gasteiger charge is 2.25. The van der Waals surface area contributed by atoms with Gasteiger partial charge in [0.1, 0.15) is 0 Å². The Labute approximate surface area is 102 Å². The molecule has 17 heavy (non-hydrogen) atoms. The lowest BCUT2D eigenvalue weighted by molar-refractivity contribution is 0.113. The Kier molecular flexibility index (Phi) is 2.86. The first kappa shape index (κ1) is 10.8. The van der Waals surface area contributed by atoms with Crippen LogP contribution in [-0.4, -0.2) is 5.11 Å². The number of rotatable bonds is 2. The predicted octanol–water partition coefficient (Wildman–Crippen LogP) is 4.06. The van der Waals surface area contributed by atoms with Crippen LogP contribution in [0.3, 0.4) is 0 Å². The lowest BCUT2D eigenvalue weighted by Crippen LogP contribution is -2.09. The summed E-state index contributed by atoms with van der Waals surface area (Å²) in [7, 11) is 0.